The molecule has 2 N–H and O–H groups in total. The maximum absolute atomic E-state index is 9.24. The quantitative estimate of drug-likeness (QED) is 0.909. The summed E-state index contributed by atoms with van der Waals surface area (Å²) in [5.41, 5.74) is 1.87. The number of anilines is 1. The van der Waals surface area contributed by atoms with E-state index in [0.717, 1.165) is 21.1 Å². The van der Waals surface area contributed by atoms with Gasteiger partial charge in [0.25, 0.3) is 0 Å². The maximum Gasteiger partial charge on any atom is 0.0934 e. The third-order valence-corrected chi connectivity index (χ3v) is 2.70. The number of aromatic nitrogens is 1. The van der Waals surface area contributed by atoms with Gasteiger partial charge in [0.15, 0.2) is 0 Å². The first kappa shape index (κ1) is 11.4. The van der Waals surface area contributed by atoms with Gasteiger partial charge >= 0.3 is 0 Å². The Morgan fingerprint density at radius 3 is 3.06 bits per heavy atom. The molecule has 0 radical (unpaired) electrons. The number of nitrogens with zero attached hydrogens (tertiary/aromatic N) is 1. The lowest BCUT2D eigenvalue weighted by Crippen LogP contribution is -2.15. The first-order chi connectivity index (χ1) is 7.66. The molecule has 2 rings (SSSR count). The van der Waals surface area contributed by atoms with Gasteiger partial charge in [0.2, 0.25) is 0 Å². The molecule has 0 aliphatic carbocycles. The van der Waals surface area contributed by atoms with E-state index in [0.29, 0.717) is 6.54 Å². The molecule has 1 atom stereocenters. The van der Waals surface area contributed by atoms with Gasteiger partial charge in [-0.05, 0) is 35.0 Å². The number of aliphatic hydroxyl groups excluding tert-OH is 1. The van der Waals surface area contributed by atoms with E-state index in [-0.39, 0.29) is 6.10 Å². The Morgan fingerprint density at radius 2 is 2.31 bits per heavy atom. The Morgan fingerprint density at radius 1 is 1.50 bits per heavy atom. The van der Waals surface area contributed by atoms with Crippen LogP contribution in [0.5, 0.6) is 0 Å². The molecule has 0 saturated heterocycles. The van der Waals surface area contributed by atoms with Crippen molar-refractivity contribution in [3.63, 3.8) is 0 Å². The summed E-state index contributed by atoms with van der Waals surface area (Å²) in [7, 11) is 0. The van der Waals surface area contributed by atoms with E-state index in [1.165, 1.54) is 0 Å². The van der Waals surface area contributed by atoms with Crippen molar-refractivity contribution in [3.05, 3.63) is 34.9 Å². The minimum Gasteiger partial charge on any atom is -0.392 e. The number of para-hydroxylation sites is 1. The van der Waals surface area contributed by atoms with Gasteiger partial charge in [-0.25, -0.2) is 0 Å². The number of benzene rings is 1. The summed E-state index contributed by atoms with van der Waals surface area (Å²) in [6.07, 6.45) is 1.40. The molecule has 0 saturated carbocycles. The van der Waals surface area contributed by atoms with E-state index in [1.54, 1.807) is 13.1 Å². The van der Waals surface area contributed by atoms with Gasteiger partial charge in [0.05, 0.1) is 17.3 Å². The zero-order chi connectivity index (χ0) is 11.5. The number of hydrogen-bond acceptors (Lipinski definition) is 3. The van der Waals surface area contributed by atoms with Crippen LogP contribution in [0.4, 0.5) is 5.69 Å². The highest BCUT2D eigenvalue weighted by molar-refractivity contribution is 9.10. The van der Waals surface area contributed by atoms with Crippen molar-refractivity contribution in [2.24, 2.45) is 0 Å². The fourth-order valence-electron chi connectivity index (χ4n) is 1.53. The van der Waals surface area contributed by atoms with Gasteiger partial charge in [-0.2, -0.15) is 0 Å². The lowest BCUT2D eigenvalue weighted by Gasteiger charge is -2.10. The predicted molar refractivity (Wildman–Crippen MR) is 69.6 cm³/mol. The molecular formula is C12H13BrN2O. The average Bonchev–Trinajstić information content (AvgIpc) is 2.25. The third-order valence-electron chi connectivity index (χ3n) is 2.27. The van der Waals surface area contributed by atoms with E-state index < -0.39 is 0 Å². The van der Waals surface area contributed by atoms with Crippen LogP contribution in [-0.2, 0) is 0 Å². The van der Waals surface area contributed by atoms with Gasteiger partial charge in [-0.3, -0.25) is 4.98 Å². The largest absolute Gasteiger partial charge is 0.392 e. The van der Waals surface area contributed by atoms with Crippen molar-refractivity contribution >= 4 is 32.5 Å². The molecule has 0 spiro atoms. The second-order valence-corrected chi connectivity index (χ2v) is 4.68. The summed E-state index contributed by atoms with van der Waals surface area (Å²) in [6.45, 7) is 2.28. The zero-order valence-electron chi connectivity index (χ0n) is 8.94. The van der Waals surface area contributed by atoms with Gasteiger partial charge < -0.3 is 10.4 Å². The Balaban J connectivity index is 2.38. The summed E-state index contributed by atoms with van der Waals surface area (Å²) < 4.78 is 0.965. The summed E-state index contributed by atoms with van der Waals surface area (Å²) >= 11 is 3.40. The molecule has 1 heterocycles. The Hall–Kier alpha value is -1.13. The van der Waals surface area contributed by atoms with Gasteiger partial charge in [0, 0.05) is 22.6 Å². The molecule has 0 bridgehead atoms. The lowest BCUT2D eigenvalue weighted by molar-refractivity contribution is 0.208. The van der Waals surface area contributed by atoms with Crippen LogP contribution in [0.15, 0.2) is 34.9 Å². The van der Waals surface area contributed by atoms with Crippen LogP contribution in [0.3, 0.4) is 0 Å². The van der Waals surface area contributed by atoms with Crippen molar-refractivity contribution in [2.45, 2.75) is 13.0 Å². The molecule has 2 aromatic rings. The second kappa shape index (κ2) is 4.80. The van der Waals surface area contributed by atoms with Crippen molar-refractivity contribution in [2.75, 3.05) is 11.9 Å². The molecule has 0 aliphatic rings. The van der Waals surface area contributed by atoms with Crippen molar-refractivity contribution in [1.82, 2.24) is 4.98 Å². The molecule has 0 aliphatic heterocycles. The minimum atomic E-state index is -0.370. The number of nitrogens with one attached hydrogen (secondary N) is 1. The van der Waals surface area contributed by atoms with E-state index in [1.807, 2.05) is 24.3 Å². The van der Waals surface area contributed by atoms with Crippen molar-refractivity contribution in [1.29, 1.82) is 0 Å². The van der Waals surface area contributed by atoms with E-state index in [4.69, 9.17) is 0 Å². The molecule has 0 fully saturated rings. The molecular weight excluding hydrogens is 268 g/mol. The highest BCUT2D eigenvalue weighted by Gasteiger charge is 2.03. The standard InChI is InChI=1S/C12H13BrN2O/c1-8(16)6-14-11-4-2-3-9-5-10(13)7-15-12(9)11/h2-5,7-8,14,16H,6H2,1H3/t8-/m1/s1. The molecule has 84 valence electrons. The topological polar surface area (TPSA) is 45.1 Å². The smallest absolute Gasteiger partial charge is 0.0934 e. The predicted octanol–water partition coefficient (Wildman–Crippen LogP) is 2.79. The molecule has 0 amide bonds. The summed E-state index contributed by atoms with van der Waals surface area (Å²) in [6, 6.07) is 7.98. The summed E-state index contributed by atoms with van der Waals surface area (Å²) in [4.78, 5) is 4.37. The number of hydrogen-bond donors (Lipinski definition) is 2. The van der Waals surface area contributed by atoms with Crippen LogP contribution < -0.4 is 5.32 Å². The number of rotatable bonds is 3. The first-order valence-corrected chi connectivity index (χ1v) is 5.92. The normalized spacial score (nSPS) is 12.7. The van der Waals surface area contributed by atoms with Crippen LogP contribution in [0, 0.1) is 0 Å². The van der Waals surface area contributed by atoms with Crippen molar-refractivity contribution < 1.29 is 5.11 Å². The molecule has 1 aromatic carbocycles. The van der Waals surface area contributed by atoms with Crippen LogP contribution in [-0.4, -0.2) is 22.7 Å². The number of halogens is 1. The highest BCUT2D eigenvalue weighted by Crippen LogP contribution is 2.23. The monoisotopic (exact) mass is 280 g/mol. The number of aliphatic hydroxyl groups is 1. The second-order valence-electron chi connectivity index (χ2n) is 3.76. The summed E-state index contributed by atoms with van der Waals surface area (Å²) in [5.74, 6) is 0. The number of pyridine rings is 1. The molecule has 16 heavy (non-hydrogen) atoms. The van der Waals surface area contributed by atoms with Crippen LogP contribution in [0.25, 0.3) is 10.9 Å². The average molecular weight is 281 g/mol. The highest BCUT2D eigenvalue weighted by atomic mass is 79.9. The molecule has 4 heteroatoms. The Kier molecular flexibility index (Phi) is 3.41. The Labute approximate surface area is 103 Å². The van der Waals surface area contributed by atoms with Crippen LogP contribution >= 0.6 is 15.9 Å². The fourth-order valence-corrected chi connectivity index (χ4v) is 1.88. The van der Waals surface area contributed by atoms with Gasteiger partial charge in [-0.15, -0.1) is 0 Å². The van der Waals surface area contributed by atoms with Crippen LogP contribution in [0.2, 0.25) is 0 Å². The Bertz CT molecular complexity index is 499. The van der Waals surface area contributed by atoms with Crippen LogP contribution in [0.1, 0.15) is 6.92 Å². The van der Waals surface area contributed by atoms with Gasteiger partial charge in [-0.1, -0.05) is 12.1 Å². The third kappa shape index (κ3) is 2.51. The van der Waals surface area contributed by atoms with Crippen molar-refractivity contribution in [3.8, 4) is 0 Å². The SMILES string of the molecule is C[C@@H](O)CNc1cccc2cc(Br)cnc12. The van der Waals surface area contributed by atoms with Gasteiger partial charge in [0.1, 0.15) is 0 Å². The van der Waals surface area contributed by atoms with E-state index in [9.17, 15) is 5.11 Å². The molecule has 0 unspecified atom stereocenters. The first-order valence-electron chi connectivity index (χ1n) is 5.13. The maximum atomic E-state index is 9.24. The lowest BCUT2D eigenvalue weighted by atomic mass is 10.2. The molecule has 3 nitrogen and oxygen atoms in total. The number of fused-ring (bicyclic) bond motifs is 1. The zero-order valence-corrected chi connectivity index (χ0v) is 10.5. The molecule has 1 aromatic heterocycles. The summed E-state index contributed by atoms with van der Waals surface area (Å²) in [5, 5.41) is 13.5. The van der Waals surface area contributed by atoms with E-state index in [2.05, 4.69) is 26.2 Å². The fraction of sp³-hybridized carbons (Fsp3) is 0.250. The van der Waals surface area contributed by atoms with E-state index >= 15 is 0 Å². The minimum absolute atomic E-state index is 0.370.